The van der Waals surface area contributed by atoms with Gasteiger partial charge >= 0.3 is 0 Å². The molecule has 7 heteroatoms. The Kier molecular flexibility index (Phi) is 8.32. The molecule has 1 unspecified atom stereocenters. The quantitative estimate of drug-likeness (QED) is 0.654. The van der Waals surface area contributed by atoms with Gasteiger partial charge in [-0.2, -0.15) is 5.26 Å². The standard InChI is InChI=1S/C19H19BrN2O3S/c20-16-6-8-18(9-7-16)26(24)12-2-5-19(23)22-14-15-3-1-4-17(13-15)25-11-10-21/h1,3-4,6-9,13H,2,5,11-12,14H2,(H,22,23). The van der Waals surface area contributed by atoms with Gasteiger partial charge in [0.15, 0.2) is 6.61 Å². The second-order valence-corrected chi connectivity index (χ2v) is 7.96. The minimum atomic E-state index is -1.10. The van der Waals surface area contributed by atoms with Gasteiger partial charge in [-0.25, -0.2) is 0 Å². The predicted octanol–water partition coefficient (Wildman–Crippen LogP) is 3.56. The van der Waals surface area contributed by atoms with Gasteiger partial charge in [0, 0.05) is 28.1 Å². The summed E-state index contributed by atoms with van der Waals surface area (Å²) in [7, 11) is -1.10. The van der Waals surface area contributed by atoms with E-state index in [4.69, 9.17) is 10.00 Å². The molecular weight excluding hydrogens is 416 g/mol. The minimum Gasteiger partial charge on any atom is -0.479 e. The zero-order chi connectivity index (χ0) is 18.8. The first-order chi connectivity index (χ1) is 12.6. The summed E-state index contributed by atoms with van der Waals surface area (Å²) >= 11 is 3.35. The summed E-state index contributed by atoms with van der Waals surface area (Å²) < 4.78 is 18.3. The number of benzene rings is 2. The zero-order valence-corrected chi connectivity index (χ0v) is 16.5. The molecule has 0 saturated carbocycles. The van der Waals surface area contributed by atoms with Crippen molar-refractivity contribution in [3.05, 3.63) is 58.6 Å². The number of carbonyl (C=O) groups excluding carboxylic acids is 1. The second-order valence-electron chi connectivity index (χ2n) is 5.48. The minimum absolute atomic E-state index is 0.00861. The maximum absolute atomic E-state index is 12.2. The lowest BCUT2D eigenvalue weighted by Crippen LogP contribution is -2.22. The van der Waals surface area contributed by atoms with Crippen molar-refractivity contribution in [3.63, 3.8) is 0 Å². The molecule has 0 bridgehead atoms. The largest absolute Gasteiger partial charge is 0.479 e. The molecule has 2 rings (SSSR count). The lowest BCUT2D eigenvalue weighted by atomic mass is 10.2. The first-order valence-corrected chi connectivity index (χ1v) is 10.2. The number of hydrogen-bond donors (Lipinski definition) is 1. The van der Waals surface area contributed by atoms with Gasteiger partial charge in [0.25, 0.3) is 0 Å². The number of amides is 1. The molecule has 0 saturated heterocycles. The van der Waals surface area contributed by atoms with E-state index in [1.807, 2.05) is 42.5 Å². The first kappa shape index (κ1) is 20.1. The second kappa shape index (κ2) is 10.7. The van der Waals surface area contributed by atoms with Crippen LogP contribution in [0.1, 0.15) is 18.4 Å². The van der Waals surface area contributed by atoms with E-state index in [0.717, 1.165) is 14.9 Å². The van der Waals surface area contributed by atoms with Gasteiger partial charge in [0.05, 0.1) is 10.8 Å². The molecule has 0 spiro atoms. The monoisotopic (exact) mass is 434 g/mol. The van der Waals surface area contributed by atoms with E-state index in [-0.39, 0.29) is 12.5 Å². The first-order valence-electron chi connectivity index (χ1n) is 8.08. The average Bonchev–Trinajstić information content (AvgIpc) is 2.65. The molecule has 5 nitrogen and oxygen atoms in total. The van der Waals surface area contributed by atoms with Crippen molar-refractivity contribution < 1.29 is 13.7 Å². The number of nitrogens with zero attached hydrogens (tertiary/aromatic N) is 1. The molecule has 136 valence electrons. The number of rotatable bonds is 9. The highest BCUT2D eigenvalue weighted by atomic mass is 79.9. The van der Waals surface area contributed by atoms with Gasteiger partial charge in [-0.3, -0.25) is 9.00 Å². The van der Waals surface area contributed by atoms with Crippen molar-refractivity contribution in [2.75, 3.05) is 12.4 Å². The van der Waals surface area contributed by atoms with Crippen molar-refractivity contribution in [1.29, 1.82) is 5.26 Å². The van der Waals surface area contributed by atoms with Gasteiger partial charge in [0.1, 0.15) is 11.8 Å². The van der Waals surface area contributed by atoms with Crippen LogP contribution in [-0.2, 0) is 22.1 Å². The molecule has 1 N–H and O–H groups in total. The third-order valence-corrected chi connectivity index (χ3v) is 5.49. The summed E-state index contributed by atoms with van der Waals surface area (Å²) in [4.78, 5) is 12.7. The van der Waals surface area contributed by atoms with E-state index >= 15 is 0 Å². The number of halogens is 1. The lowest BCUT2D eigenvalue weighted by molar-refractivity contribution is -0.121. The van der Waals surface area contributed by atoms with Crippen LogP contribution in [0.4, 0.5) is 0 Å². The van der Waals surface area contributed by atoms with Crippen molar-refractivity contribution in [2.45, 2.75) is 24.3 Å². The zero-order valence-electron chi connectivity index (χ0n) is 14.1. The normalized spacial score (nSPS) is 11.4. The molecule has 0 heterocycles. The average molecular weight is 435 g/mol. The summed E-state index contributed by atoms with van der Waals surface area (Å²) in [6.45, 7) is 0.379. The van der Waals surface area contributed by atoms with Crippen LogP contribution >= 0.6 is 15.9 Å². The van der Waals surface area contributed by atoms with Crippen LogP contribution in [0.25, 0.3) is 0 Å². The fraction of sp³-hybridized carbons (Fsp3) is 0.263. The number of hydrogen-bond acceptors (Lipinski definition) is 4. The topological polar surface area (TPSA) is 79.2 Å². The van der Waals surface area contributed by atoms with Crippen LogP contribution in [0, 0.1) is 11.3 Å². The highest BCUT2D eigenvalue weighted by Crippen LogP contribution is 2.15. The fourth-order valence-corrected chi connectivity index (χ4v) is 3.56. The van der Waals surface area contributed by atoms with Crippen molar-refractivity contribution in [2.24, 2.45) is 0 Å². The van der Waals surface area contributed by atoms with Crippen LogP contribution in [0.15, 0.2) is 57.9 Å². The number of ether oxygens (including phenoxy) is 1. The van der Waals surface area contributed by atoms with Gasteiger partial charge < -0.3 is 10.1 Å². The van der Waals surface area contributed by atoms with Crippen LogP contribution in [0.3, 0.4) is 0 Å². The molecule has 0 aromatic heterocycles. The molecule has 0 radical (unpaired) electrons. The summed E-state index contributed by atoms with van der Waals surface area (Å²) in [5.74, 6) is 0.969. The van der Waals surface area contributed by atoms with Crippen LogP contribution < -0.4 is 10.1 Å². The number of carbonyl (C=O) groups is 1. The molecule has 1 amide bonds. The molecule has 0 aliphatic carbocycles. The molecule has 0 aliphatic rings. The van der Waals surface area contributed by atoms with Crippen molar-refractivity contribution in [3.8, 4) is 11.8 Å². The highest BCUT2D eigenvalue weighted by Gasteiger charge is 2.07. The summed E-state index contributed by atoms with van der Waals surface area (Å²) in [5, 5.41) is 11.4. The summed E-state index contributed by atoms with van der Waals surface area (Å²) in [6, 6.07) is 16.5. The van der Waals surface area contributed by atoms with Gasteiger partial charge in [-0.05, 0) is 48.4 Å². The third kappa shape index (κ3) is 6.98. The van der Waals surface area contributed by atoms with Crippen molar-refractivity contribution >= 4 is 32.6 Å². The lowest BCUT2D eigenvalue weighted by Gasteiger charge is -2.07. The van der Waals surface area contributed by atoms with Crippen LogP contribution in [0.2, 0.25) is 0 Å². The SMILES string of the molecule is N#CCOc1cccc(CNC(=O)CCCS(=O)c2ccc(Br)cc2)c1. The maximum Gasteiger partial charge on any atom is 0.220 e. The maximum atomic E-state index is 12.2. The smallest absolute Gasteiger partial charge is 0.220 e. The Hall–Kier alpha value is -2.17. The molecule has 2 aromatic rings. The van der Waals surface area contributed by atoms with Gasteiger partial charge in [0.2, 0.25) is 5.91 Å². The molecule has 0 aliphatic heterocycles. The van der Waals surface area contributed by atoms with E-state index < -0.39 is 10.8 Å². The Balaban J connectivity index is 1.71. The number of nitrogens with one attached hydrogen (secondary N) is 1. The molecule has 1 atom stereocenters. The Morgan fingerprint density at radius 1 is 1.23 bits per heavy atom. The molecular formula is C19H19BrN2O3S. The van der Waals surface area contributed by atoms with E-state index in [2.05, 4.69) is 21.2 Å². The molecule has 26 heavy (non-hydrogen) atoms. The van der Waals surface area contributed by atoms with Crippen LogP contribution in [0.5, 0.6) is 5.75 Å². The predicted molar refractivity (Wildman–Crippen MR) is 104 cm³/mol. The van der Waals surface area contributed by atoms with E-state index in [9.17, 15) is 9.00 Å². The number of nitriles is 1. The van der Waals surface area contributed by atoms with E-state index in [1.165, 1.54) is 0 Å². The molecule has 2 aromatic carbocycles. The van der Waals surface area contributed by atoms with E-state index in [0.29, 0.717) is 30.9 Å². The Bertz CT molecular complexity index is 803. The Morgan fingerprint density at radius 2 is 2.00 bits per heavy atom. The highest BCUT2D eigenvalue weighted by molar-refractivity contribution is 9.10. The third-order valence-electron chi connectivity index (χ3n) is 3.50. The van der Waals surface area contributed by atoms with Crippen LogP contribution in [-0.4, -0.2) is 22.5 Å². The summed E-state index contributed by atoms with van der Waals surface area (Å²) in [6.07, 6.45) is 0.882. The molecule has 0 fully saturated rings. The fourth-order valence-electron chi connectivity index (χ4n) is 2.22. The Labute approximate surface area is 164 Å². The van der Waals surface area contributed by atoms with E-state index in [1.54, 1.807) is 12.1 Å². The summed E-state index contributed by atoms with van der Waals surface area (Å²) in [5.41, 5.74) is 0.896. The van der Waals surface area contributed by atoms with Gasteiger partial charge in [-0.15, -0.1) is 0 Å². The van der Waals surface area contributed by atoms with Gasteiger partial charge in [-0.1, -0.05) is 28.1 Å². The Morgan fingerprint density at radius 3 is 2.73 bits per heavy atom. The van der Waals surface area contributed by atoms with Crippen molar-refractivity contribution in [1.82, 2.24) is 5.32 Å².